The minimum atomic E-state index is 0.825. The predicted octanol–water partition coefficient (Wildman–Crippen LogP) is 3.20. The van der Waals surface area contributed by atoms with Gasteiger partial charge in [-0.15, -0.1) is 0 Å². The zero-order valence-corrected chi connectivity index (χ0v) is 12.8. The van der Waals surface area contributed by atoms with E-state index in [1.165, 1.54) is 11.1 Å². The fraction of sp³-hybridized carbons (Fsp3) is 0.267. The van der Waals surface area contributed by atoms with Crippen LogP contribution in [0.1, 0.15) is 11.1 Å². The highest BCUT2D eigenvalue weighted by atomic mass is 79.9. The van der Waals surface area contributed by atoms with Gasteiger partial charge in [0.2, 0.25) is 0 Å². The first-order chi connectivity index (χ1) is 9.20. The summed E-state index contributed by atoms with van der Waals surface area (Å²) in [5.41, 5.74) is 2.47. The van der Waals surface area contributed by atoms with E-state index in [9.17, 15) is 0 Å². The number of nitrogens with one attached hydrogen (secondary N) is 1. The van der Waals surface area contributed by atoms with Crippen molar-refractivity contribution in [1.29, 1.82) is 0 Å². The molecule has 100 valence electrons. The fourth-order valence-electron chi connectivity index (χ4n) is 2.09. The van der Waals surface area contributed by atoms with E-state index in [1.54, 1.807) is 0 Å². The molecule has 0 atom stereocenters. The van der Waals surface area contributed by atoms with Crippen molar-refractivity contribution >= 4 is 21.7 Å². The van der Waals surface area contributed by atoms with Crippen LogP contribution in [0.25, 0.3) is 0 Å². The number of hydrogen-bond acceptors (Lipinski definition) is 3. The second-order valence-electron chi connectivity index (χ2n) is 4.50. The lowest BCUT2D eigenvalue weighted by Crippen LogP contribution is -2.20. The maximum atomic E-state index is 4.49. The molecule has 0 saturated carbocycles. The summed E-state index contributed by atoms with van der Waals surface area (Å²) in [6.45, 7) is 1.67. The summed E-state index contributed by atoms with van der Waals surface area (Å²) in [6.07, 6.45) is 1.84. The Hall–Kier alpha value is -1.39. The Bertz CT molecular complexity index is 542. The van der Waals surface area contributed by atoms with Crippen molar-refractivity contribution in [1.82, 2.24) is 10.3 Å². The minimum Gasteiger partial charge on any atom is -0.355 e. The predicted molar refractivity (Wildman–Crippen MR) is 83.2 cm³/mol. The van der Waals surface area contributed by atoms with Crippen LogP contribution in [-0.4, -0.2) is 19.1 Å². The summed E-state index contributed by atoms with van der Waals surface area (Å²) in [5.74, 6) is 1.02. The van der Waals surface area contributed by atoms with E-state index in [0.29, 0.717) is 0 Å². The van der Waals surface area contributed by atoms with Gasteiger partial charge in [-0.1, -0.05) is 34.1 Å². The Morgan fingerprint density at radius 3 is 2.84 bits per heavy atom. The molecule has 1 aromatic heterocycles. The third-order valence-corrected chi connectivity index (χ3v) is 3.40. The van der Waals surface area contributed by atoms with E-state index in [1.807, 2.05) is 25.4 Å². The van der Waals surface area contributed by atoms with Crippen molar-refractivity contribution in [2.45, 2.75) is 13.1 Å². The van der Waals surface area contributed by atoms with E-state index < -0.39 is 0 Å². The van der Waals surface area contributed by atoms with Crippen LogP contribution in [0.4, 0.5) is 5.82 Å². The molecule has 3 nitrogen and oxygen atoms in total. The first-order valence-electron chi connectivity index (χ1n) is 6.25. The molecular weight excluding hydrogens is 302 g/mol. The van der Waals surface area contributed by atoms with E-state index in [2.05, 4.69) is 62.4 Å². The minimum absolute atomic E-state index is 0.825. The zero-order chi connectivity index (χ0) is 13.7. The van der Waals surface area contributed by atoms with Gasteiger partial charge in [-0.05, 0) is 30.8 Å². The van der Waals surface area contributed by atoms with Gasteiger partial charge in [0.15, 0.2) is 0 Å². The van der Waals surface area contributed by atoms with Gasteiger partial charge in [-0.3, -0.25) is 0 Å². The quantitative estimate of drug-likeness (QED) is 0.917. The van der Waals surface area contributed by atoms with Gasteiger partial charge in [-0.2, -0.15) is 0 Å². The molecular formula is C15H18BrN3. The number of nitrogens with zero attached hydrogens (tertiary/aromatic N) is 2. The van der Waals surface area contributed by atoms with E-state index >= 15 is 0 Å². The normalized spacial score (nSPS) is 10.5. The average Bonchev–Trinajstić information content (AvgIpc) is 2.39. The van der Waals surface area contributed by atoms with Gasteiger partial charge in [0, 0.05) is 36.4 Å². The highest BCUT2D eigenvalue weighted by molar-refractivity contribution is 9.10. The van der Waals surface area contributed by atoms with Crippen molar-refractivity contribution in [3.05, 3.63) is 58.2 Å². The molecule has 0 unspecified atom stereocenters. The molecule has 19 heavy (non-hydrogen) atoms. The first kappa shape index (κ1) is 14.0. The van der Waals surface area contributed by atoms with Crippen LogP contribution < -0.4 is 10.2 Å². The molecule has 0 aliphatic rings. The third-order valence-electron chi connectivity index (χ3n) is 2.91. The lowest BCUT2D eigenvalue weighted by molar-refractivity contribution is 0.795. The Balaban J connectivity index is 2.17. The topological polar surface area (TPSA) is 28.2 Å². The van der Waals surface area contributed by atoms with Gasteiger partial charge in [0.05, 0.1) is 0 Å². The summed E-state index contributed by atoms with van der Waals surface area (Å²) in [6, 6.07) is 12.4. The summed E-state index contributed by atoms with van der Waals surface area (Å²) in [5, 5.41) is 3.18. The zero-order valence-electron chi connectivity index (χ0n) is 11.2. The number of benzene rings is 1. The van der Waals surface area contributed by atoms with Crippen molar-refractivity contribution in [3.63, 3.8) is 0 Å². The molecule has 0 spiro atoms. The van der Waals surface area contributed by atoms with Crippen LogP contribution in [0.2, 0.25) is 0 Å². The van der Waals surface area contributed by atoms with E-state index in [0.717, 1.165) is 23.4 Å². The smallest absolute Gasteiger partial charge is 0.133 e. The van der Waals surface area contributed by atoms with Gasteiger partial charge < -0.3 is 10.2 Å². The Morgan fingerprint density at radius 1 is 1.26 bits per heavy atom. The standard InChI is InChI=1S/C15H18BrN3/c1-17-10-13-6-4-8-18-15(13)19(2)11-12-5-3-7-14(16)9-12/h3-9,17H,10-11H2,1-2H3. The van der Waals surface area contributed by atoms with Gasteiger partial charge in [0.25, 0.3) is 0 Å². The number of hydrogen-bond donors (Lipinski definition) is 1. The maximum Gasteiger partial charge on any atom is 0.133 e. The second-order valence-corrected chi connectivity index (χ2v) is 5.42. The van der Waals surface area contributed by atoms with Crippen LogP contribution in [0.3, 0.4) is 0 Å². The van der Waals surface area contributed by atoms with Crippen LogP contribution in [-0.2, 0) is 13.1 Å². The molecule has 2 rings (SSSR count). The SMILES string of the molecule is CNCc1cccnc1N(C)Cc1cccc(Br)c1. The summed E-state index contributed by atoms with van der Waals surface area (Å²) < 4.78 is 1.11. The lowest BCUT2D eigenvalue weighted by atomic mass is 10.2. The highest BCUT2D eigenvalue weighted by Gasteiger charge is 2.08. The third kappa shape index (κ3) is 3.78. The van der Waals surface area contributed by atoms with Gasteiger partial charge in [0.1, 0.15) is 5.82 Å². The van der Waals surface area contributed by atoms with Gasteiger partial charge >= 0.3 is 0 Å². The summed E-state index contributed by atoms with van der Waals surface area (Å²) in [7, 11) is 4.02. The molecule has 4 heteroatoms. The molecule has 2 aromatic rings. The summed E-state index contributed by atoms with van der Waals surface area (Å²) >= 11 is 3.50. The van der Waals surface area contributed by atoms with Crippen LogP contribution in [0.15, 0.2) is 47.1 Å². The molecule has 1 aromatic carbocycles. The maximum absolute atomic E-state index is 4.49. The van der Waals surface area contributed by atoms with Crippen LogP contribution in [0, 0.1) is 0 Å². The summed E-state index contributed by atoms with van der Waals surface area (Å²) in [4.78, 5) is 6.67. The van der Waals surface area contributed by atoms with Crippen LogP contribution in [0.5, 0.6) is 0 Å². The molecule has 0 saturated heterocycles. The largest absolute Gasteiger partial charge is 0.355 e. The molecule has 0 radical (unpaired) electrons. The van der Waals surface area contributed by atoms with Crippen LogP contribution >= 0.6 is 15.9 Å². The second kappa shape index (κ2) is 6.68. The number of halogens is 1. The molecule has 1 heterocycles. The number of aromatic nitrogens is 1. The van der Waals surface area contributed by atoms with Crippen molar-refractivity contribution in [2.24, 2.45) is 0 Å². The van der Waals surface area contributed by atoms with Crippen molar-refractivity contribution < 1.29 is 0 Å². The molecule has 1 N–H and O–H groups in total. The van der Waals surface area contributed by atoms with Gasteiger partial charge in [-0.25, -0.2) is 4.98 Å². The molecule has 0 amide bonds. The molecule has 0 aliphatic heterocycles. The number of rotatable bonds is 5. The molecule has 0 bridgehead atoms. The average molecular weight is 320 g/mol. The Kier molecular flexibility index (Phi) is 4.93. The number of anilines is 1. The van der Waals surface area contributed by atoms with Crippen molar-refractivity contribution in [3.8, 4) is 0 Å². The first-order valence-corrected chi connectivity index (χ1v) is 7.04. The van der Waals surface area contributed by atoms with Crippen molar-refractivity contribution in [2.75, 3.05) is 19.0 Å². The monoisotopic (exact) mass is 319 g/mol. The Labute approximate surface area is 122 Å². The molecule has 0 aliphatic carbocycles. The lowest BCUT2D eigenvalue weighted by Gasteiger charge is -2.21. The Morgan fingerprint density at radius 2 is 2.11 bits per heavy atom. The highest BCUT2D eigenvalue weighted by Crippen LogP contribution is 2.19. The number of pyridine rings is 1. The fourth-order valence-corrected chi connectivity index (χ4v) is 2.53. The molecule has 0 fully saturated rings. The van der Waals surface area contributed by atoms with E-state index in [-0.39, 0.29) is 0 Å². The van der Waals surface area contributed by atoms with E-state index in [4.69, 9.17) is 0 Å².